The Balaban J connectivity index is 1.41. The van der Waals surface area contributed by atoms with Crippen molar-refractivity contribution in [3.8, 4) is 33.4 Å². The van der Waals surface area contributed by atoms with Gasteiger partial charge in [-0.3, -0.25) is 0 Å². The normalized spacial score (nSPS) is 12.1. The molecule has 0 N–H and O–H groups in total. The lowest BCUT2D eigenvalue weighted by molar-refractivity contribution is 1.65. The Morgan fingerprint density at radius 1 is 0.294 bits per heavy atom. The van der Waals surface area contributed by atoms with E-state index in [0.29, 0.717) is 0 Å². The number of fused-ring (bicyclic) bond motifs is 7. The first-order valence-electron chi connectivity index (χ1n) is 11.9. The number of rotatable bonds is 1. The van der Waals surface area contributed by atoms with Crippen LogP contribution in [0, 0.1) is 0 Å². The van der Waals surface area contributed by atoms with E-state index in [1.165, 1.54) is 76.5 Å². The van der Waals surface area contributed by atoms with Crippen LogP contribution in [0.5, 0.6) is 0 Å². The third-order valence-electron chi connectivity index (χ3n) is 7.50. The lowest BCUT2D eigenvalue weighted by Crippen LogP contribution is -1.83. The van der Waals surface area contributed by atoms with Crippen molar-refractivity contribution in [2.75, 3.05) is 0 Å². The van der Waals surface area contributed by atoms with Crippen LogP contribution in [0.25, 0.3) is 76.5 Å². The summed E-state index contributed by atoms with van der Waals surface area (Å²) < 4.78 is 0. The Kier molecular flexibility index (Phi) is 3.48. The molecule has 0 amide bonds. The maximum absolute atomic E-state index is 2.41. The van der Waals surface area contributed by atoms with E-state index in [-0.39, 0.29) is 0 Å². The predicted octanol–water partition coefficient (Wildman–Crippen LogP) is 9.61. The number of hydrogen-bond acceptors (Lipinski definition) is 0. The molecule has 0 saturated heterocycles. The minimum absolute atomic E-state index is 1.26. The first-order valence-corrected chi connectivity index (χ1v) is 11.9. The summed E-state index contributed by atoms with van der Waals surface area (Å²) in [6.07, 6.45) is 0. The molecule has 34 heavy (non-hydrogen) atoms. The van der Waals surface area contributed by atoms with E-state index >= 15 is 0 Å². The molecule has 0 aliphatic heterocycles. The van der Waals surface area contributed by atoms with Crippen LogP contribution in [0.3, 0.4) is 0 Å². The van der Waals surface area contributed by atoms with Crippen LogP contribution in [-0.2, 0) is 0 Å². The standard InChI is InChI=1S/C34H20/c1-2-7-21(8-3-1)22-13-14-23-16-26-19-31-30-12-6-11-29-28-10-5-4-9-24(28)18-33(34(29)30)32(31)20-27(26)17-25(23)15-22/h1-20H. The van der Waals surface area contributed by atoms with Crippen LogP contribution in [0.15, 0.2) is 121 Å². The Hall–Kier alpha value is -4.42. The molecule has 0 atom stereocenters. The first kappa shape index (κ1) is 18.1. The van der Waals surface area contributed by atoms with Gasteiger partial charge < -0.3 is 0 Å². The van der Waals surface area contributed by atoms with E-state index in [2.05, 4.69) is 121 Å². The third-order valence-corrected chi connectivity index (χ3v) is 7.50. The molecule has 0 radical (unpaired) electrons. The summed E-state index contributed by atoms with van der Waals surface area (Å²) in [5, 5.41) is 10.5. The van der Waals surface area contributed by atoms with Crippen LogP contribution in [0.1, 0.15) is 0 Å². The molecular formula is C34H20. The van der Waals surface area contributed by atoms with Gasteiger partial charge in [-0.25, -0.2) is 0 Å². The molecule has 0 unspecified atom stereocenters. The molecule has 7 aromatic carbocycles. The zero-order valence-electron chi connectivity index (χ0n) is 18.5. The maximum Gasteiger partial charge on any atom is -0.00199 e. The van der Waals surface area contributed by atoms with Gasteiger partial charge in [-0.15, -0.1) is 0 Å². The second kappa shape index (κ2) is 6.56. The second-order valence-electron chi connectivity index (χ2n) is 9.40. The summed E-state index contributed by atoms with van der Waals surface area (Å²) in [7, 11) is 0. The highest BCUT2D eigenvalue weighted by atomic mass is 14.3. The predicted molar refractivity (Wildman–Crippen MR) is 146 cm³/mol. The first-order chi connectivity index (χ1) is 16.8. The van der Waals surface area contributed by atoms with Crippen molar-refractivity contribution >= 4 is 43.1 Å². The summed E-state index contributed by atoms with van der Waals surface area (Å²) in [6.45, 7) is 0. The van der Waals surface area contributed by atoms with E-state index in [1.807, 2.05) is 0 Å². The molecule has 0 aromatic heterocycles. The summed E-state index contributed by atoms with van der Waals surface area (Å²) in [5.74, 6) is 0. The van der Waals surface area contributed by atoms with E-state index in [9.17, 15) is 0 Å². The van der Waals surface area contributed by atoms with Gasteiger partial charge >= 0.3 is 0 Å². The number of hydrogen-bond donors (Lipinski definition) is 0. The summed E-state index contributed by atoms with van der Waals surface area (Å²) in [6, 6.07) is 44.9. The fourth-order valence-corrected chi connectivity index (χ4v) is 5.90. The molecule has 8 rings (SSSR count). The van der Waals surface area contributed by atoms with E-state index in [0.717, 1.165) is 0 Å². The van der Waals surface area contributed by atoms with Crippen molar-refractivity contribution in [1.29, 1.82) is 0 Å². The van der Waals surface area contributed by atoms with Gasteiger partial charge in [-0.05, 0) is 113 Å². The highest BCUT2D eigenvalue weighted by Gasteiger charge is 2.23. The average Bonchev–Trinajstić information content (AvgIpc) is 3.20. The Labute approximate surface area is 197 Å². The van der Waals surface area contributed by atoms with Crippen LogP contribution >= 0.6 is 0 Å². The lowest BCUT2D eigenvalue weighted by Gasteiger charge is -2.09. The van der Waals surface area contributed by atoms with Gasteiger partial charge in [0.25, 0.3) is 0 Å². The largest absolute Gasteiger partial charge is 0.0622 e. The fourth-order valence-electron chi connectivity index (χ4n) is 5.90. The Bertz CT molecular complexity index is 1940. The fraction of sp³-hybridized carbons (Fsp3) is 0. The van der Waals surface area contributed by atoms with Crippen molar-refractivity contribution in [3.05, 3.63) is 121 Å². The summed E-state index contributed by atoms with van der Waals surface area (Å²) >= 11 is 0. The van der Waals surface area contributed by atoms with Gasteiger partial charge in [0.1, 0.15) is 0 Å². The van der Waals surface area contributed by atoms with E-state index in [1.54, 1.807) is 0 Å². The molecule has 0 spiro atoms. The Morgan fingerprint density at radius 2 is 0.971 bits per heavy atom. The smallest absolute Gasteiger partial charge is 0.00199 e. The summed E-state index contributed by atoms with van der Waals surface area (Å²) in [5.41, 5.74) is 7.94. The van der Waals surface area contributed by atoms with Crippen LogP contribution in [0.2, 0.25) is 0 Å². The molecule has 0 heterocycles. The molecule has 0 saturated carbocycles. The minimum atomic E-state index is 1.26. The van der Waals surface area contributed by atoms with E-state index in [4.69, 9.17) is 0 Å². The maximum atomic E-state index is 2.41. The zero-order valence-corrected chi connectivity index (χ0v) is 18.5. The van der Waals surface area contributed by atoms with Crippen molar-refractivity contribution < 1.29 is 0 Å². The van der Waals surface area contributed by atoms with Gasteiger partial charge in [-0.1, -0.05) is 84.9 Å². The van der Waals surface area contributed by atoms with Crippen molar-refractivity contribution in [2.45, 2.75) is 0 Å². The highest BCUT2D eigenvalue weighted by Crippen LogP contribution is 2.50. The van der Waals surface area contributed by atoms with Gasteiger partial charge in [0.05, 0.1) is 0 Å². The number of benzene rings is 7. The quantitative estimate of drug-likeness (QED) is 0.180. The molecule has 1 aliphatic rings. The highest BCUT2D eigenvalue weighted by molar-refractivity contribution is 6.24. The van der Waals surface area contributed by atoms with Crippen molar-refractivity contribution in [3.63, 3.8) is 0 Å². The van der Waals surface area contributed by atoms with Crippen molar-refractivity contribution in [1.82, 2.24) is 0 Å². The van der Waals surface area contributed by atoms with Crippen LogP contribution < -0.4 is 0 Å². The van der Waals surface area contributed by atoms with E-state index < -0.39 is 0 Å². The molecular weight excluding hydrogens is 408 g/mol. The minimum Gasteiger partial charge on any atom is -0.0622 e. The van der Waals surface area contributed by atoms with Gasteiger partial charge in [0.2, 0.25) is 0 Å². The molecule has 0 bridgehead atoms. The SMILES string of the molecule is c1ccc(-c2ccc3cc4cc5c(cc4cc3c2)-c2cc3ccccc3c3cccc-5c23)cc1. The van der Waals surface area contributed by atoms with Gasteiger partial charge in [-0.2, -0.15) is 0 Å². The lowest BCUT2D eigenvalue weighted by atomic mass is 9.94. The van der Waals surface area contributed by atoms with Crippen LogP contribution in [0.4, 0.5) is 0 Å². The molecule has 156 valence electrons. The summed E-state index contributed by atoms with van der Waals surface area (Å²) in [4.78, 5) is 0. The molecule has 7 aromatic rings. The third kappa shape index (κ3) is 2.43. The zero-order chi connectivity index (χ0) is 22.2. The molecule has 1 aliphatic carbocycles. The monoisotopic (exact) mass is 428 g/mol. The molecule has 0 heteroatoms. The van der Waals surface area contributed by atoms with Crippen LogP contribution in [-0.4, -0.2) is 0 Å². The molecule has 0 nitrogen and oxygen atoms in total. The molecule has 0 fully saturated rings. The van der Waals surface area contributed by atoms with Gasteiger partial charge in [0.15, 0.2) is 0 Å². The average molecular weight is 429 g/mol. The second-order valence-corrected chi connectivity index (χ2v) is 9.40. The van der Waals surface area contributed by atoms with Gasteiger partial charge in [0, 0.05) is 0 Å². The van der Waals surface area contributed by atoms with Crippen molar-refractivity contribution in [2.24, 2.45) is 0 Å². The Morgan fingerprint density at radius 3 is 1.85 bits per heavy atom. The topological polar surface area (TPSA) is 0 Å².